The van der Waals surface area contributed by atoms with Crippen LogP contribution in [-0.4, -0.2) is 19.8 Å². The molecule has 90 valence electrons. The lowest BCUT2D eigenvalue weighted by molar-refractivity contribution is 0.135. The molecule has 0 unspecified atom stereocenters. The molecule has 16 heavy (non-hydrogen) atoms. The van der Waals surface area contributed by atoms with Crippen molar-refractivity contribution in [2.75, 3.05) is 19.8 Å². The van der Waals surface area contributed by atoms with E-state index in [1.54, 1.807) is 0 Å². The highest BCUT2D eigenvalue weighted by Crippen LogP contribution is 2.15. The zero-order valence-corrected chi connectivity index (χ0v) is 10.6. The van der Waals surface area contributed by atoms with E-state index in [4.69, 9.17) is 4.74 Å². The van der Waals surface area contributed by atoms with Crippen LogP contribution in [-0.2, 0) is 4.74 Å². The molecule has 2 heteroatoms. The summed E-state index contributed by atoms with van der Waals surface area (Å²) in [6, 6.07) is 8.90. The standard InChI is InChI=1S/C14H23NO/c1-4-10-16-11-9-15-13(3)14-8-6-5-7-12(14)2/h5-8,13,15H,4,9-11H2,1-3H3/t13-/m1/s1. The molecule has 1 rings (SSSR count). The van der Waals surface area contributed by atoms with E-state index in [2.05, 4.69) is 50.4 Å². The van der Waals surface area contributed by atoms with Crippen LogP contribution >= 0.6 is 0 Å². The maximum absolute atomic E-state index is 5.44. The Morgan fingerprint density at radius 2 is 2.00 bits per heavy atom. The van der Waals surface area contributed by atoms with Gasteiger partial charge in [-0.15, -0.1) is 0 Å². The number of rotatable bonds is 7. The van der Waals surface area contributed by atoms with Gasteiger partial charge in [-0.1, -0.05) is 31.2 Å². The first-order valence-electron chi connectivity index (χ1n) is 6.12. The van der Waals surface area contributed by atoms with Crippen molar-refractivity contribution in [3.63, 3.8) is 0 Å². The molecule has 1 aromatic rings. The lowest BCUT2D eigenvalue weighted by Crippen LogP contribution is -2.23. The van der Waals surface area contributed by atoms with E-state index in [0.717, 1.165) is 26.2 Å². The molecule has 0 aliphatic carbocycles. The Morgan fingerprint density at radius 1 is 1.25 bits per heavy atom. The maximum atomic E-state index is 5.44. The number of nitrogens with one attached hydrogen (secondary N) is 1. The minimum atomic E-state index is 0.395. The smallest absolute Gasteiger partial charge is 0.0591 e. The second-order valence-electron chi connectivity index (χ2n) is 4.14. The van der Waals surface area contributed by atoms with Gasteiger partial charge in [0.1, 0.15) is 0 Å². The first kappa shape index (κ1) is 13.2. The summed E-state index contributed by atoms with van der Waals surface area (Å²) >= 11 is 0. The molecular formula is C14H23NO. The van der Waals surface area contributed by atoms with Crippen LogP contribution in [0.15, 0.2) is 24.3 Å². The molecule has 2 nitrogen and oxygen atoms in total. The van der Waals surface area contributed by atoms with E-state index < -0.39 is 0 Å². The van der Waals surface area contributed by atoms with Crippen LogP contribution in [0.3, 0.4) is 0 Å². The van der Waals surface area contributed by atoms with Gasteiger partial charge < -0.3 is 10.1 Å². The molecule has 0 aliphatic rings. The normalized spacial score (nSPS) is 12.7. The van der Waals surface area contributed by atoms with E-state index in [-0.39, 0.29) is 0 Å². The quantitative estimate of drug-likeness (QED) is 0.714. The number of ether oxygens (including phenoxy) is 1. The van der Waals surface area contributed by atoms with Crippen LogP contribution in [0.4, 0.5) is 0 Å². The van der Waals surface area contributed by atoms with Crippen LogP contribution in [0.1, 0.15) is 37.4 Å². The maximum Gasteiger partial charge on any atom is 0.0591 e. The Labute approximate surface area is 99.0 Å². The Hall–Kier alpha value is -0.860. The van der Waals surface area contributed by atoms with Crippen LogP contribution in [0, 0.1) is 6.92 Å². The average molecular weight is 221 g/mol. The summed E-state index contributed by atoms with van der Waals surface area (Å²) in [6.07, 6.45) is 1.09. The van der Waals surface area contributed by atoms with Crippen molar-refractivity contribution >= 4 is 0 Å². The van der Waals surface area contributed by atoms with E-state index in [0.29, 0.717) is 6.04 Å². The number of hydrogen-bond acceptors (Lipinski definition) is 2. The molecule has 1 N–H and O–H groups in total. The second kappa shape index (κ2) is 7.42. The lowest BCUT2D eigenvalue weighted by atomic mass is 10.0. The van der Waals surface area contributed by atoms with Gasteiger partial charge in [-0.2, -0.15) is 0 Å². The first-order valence-corrected chi connectivity index (χ1v) is 6.12. The van der Waals surface area contributed by atoms with Gasteiger partial charge in [-0.25, -0.2) is 0 Å². The fourth-order valence-corrected chi connectivity index (χ4v) is 1.78. The van der Waals surface area contributed by atoms with Crippen LogP contribution < -0.4 is 5.32 Å². The van der Waals surface area contributed by atoms with Crippen LogP contribution in [0.25, 0.3) is 0 Å². The fraction of sp³-hybridized carbons (Fsp3) is 0.571. The lowest BCUT2D eigenvalue weighted by Gasteiger charge is -2.16. The topological polar surface area (TPSA) is 21.3 Å². The average Bonchev–Trinajstić information content (AvgIpc) is 2.29. The summed E-state index contributed by atoms with van der Waals surface area (Å²) in [5.74, 6) is 0. The molecule has 0 radical (unpaired) electrons. The van der Waals surface area contributed by atoms with Gasteiger partial charge in [-0.3, -0.25) is 0 Å². The SMILES string of the molecule is CCCOCCN[C@H](C)c1ccccc1C. The highest BCUT2D eigenvalue weighted by atomic mass is 16.5. The van der Waals surface area contributed by atoms with Crippen molar-refractivity contribution < 1.29 is 4.74 Å². The van der Waals surface area contributed by atoms with Crippen LogP contribution in [0.5, 0.6) is 0 Å². The van der Waals surface area contributed by atoms with Crippen molar-refractivity contribution in [1.29, 1.82) is 0 Å². The third kappa shape index (κ3) is 4.33. The fourth-order valence-electron chi connectivity index (χ4n) is 1.78. The molecule has 0 amide bonds. The van der Waals surface area contributed by atoms with Gasteiger partial charge in [0.05, 0.1) is 6.61 Å². The molecule has 0 saturated carbocycles. The molecule has 0 spiro atoms. The van der Waals surface area contributed by atoms with Crippen molar-refractivity contribution in [2.45, 2.75) is 33.2 Å². The van der Waals surface area contributed by atoms with Crippen molar-refractivity contribution in [1.82, 2.24) is 5.32 Å². The Kier molecular flexibility index (Phi) is 6.12. The molecule has 1 atom stereocenters. The van der Waals surface area contributed by atoms with Gasteiger partial charge in [0.2, 0.25) is 0 Å². The molecule has 0 aliphatic heterocycles. The predicted molar refractivity (Wildman–Crippen MR) is 68.7 cm³/mol. The van der Waals surface area contributed by atoms with Gasteiger partial charge in [0, 0.05) is 19.2 Å². The second-order valence-corrected chi connectivity index (χ2v) is 4.14. The summed E-state index contributed by atoms with van der Waals surface area (Å²) < 4.78 is 5.44. The summed E-state index contributed by atoms with van der Waals surface area (Å²) in [4.78, 5) is 0. The summed E-state index contributed by atoms with van der Waals surface area (Å²) in [7, 11) is 0. The zero-order valence-electron chi connectivity index (χ0n) is 10.6. The van der Waals surface area contributed by atoms with Crippen LogP contribution in [0.2, 0.25) is 0 Å². The molecule has 1 aromatic carbocycles. The third-order valence-corrected chi connectivity index (χ3v) is 2.70. The largest absolute Gasteiger partial charge is 0.380 e. The minimum absolute atomic E-state index is 0.395. The van der Waals surface area contributed by atoms with Crippen molar-refractivity contribution in [3.8, 4) is 0 Å². The first-order chi connectivity index (χ1) is 7.75. The van der Waals surface area contributed by atoms with Gasteiger partial charge in [-0.05, 0) is 31.4 Å². The Balaban J connectivity index is 2.30. The van der Waals surface area contributed by atoms with Crippen molar-refractivity contribution in [3.05, 3.63) is 35.4 Å². The molecular weight excluding hydrogens is 198 g/mol. The summed E-state index contributed by atoms with van der Waals surface area (Å²) in [6.45, 7) is 9.05. The van der Waals surface area contributed by atoms with Gasteiger partial charge in [0.15, 0.2) is 0 Å². The minimum Gasteiger partial charge on any atom is -0.380 e. The van der Waals surface area contributed by atoms with E-state index >= 15 is 0 Å². The van der Waals surface area contributed by atoms with Gasteiger partial charge in [0.25, 0.3) is 0 Å². The molecule has 0 heterocycles. The highest BCUT2D eigenvalue weighted by Gasteiger charge is 2.05. The molecule has 0 aromatic heterocycles. The Bertz CT molecular complexity index is 299. The summed E-state index contributed by atoms with van der Waals surface area (Å²) in [5, 5.41) is 3.47. The predicted octanol–water partition coefficient (Wildman–Crippen LogP) is 3.07. The van der Waals surface area contributed by atoms with Crippen molar-refractivity contribution in [2.24, 2.45) is 0 Å². The van der Waals surface area contributed by atoms with E-state index in [1.807, 2.05) is 0 Å². The number of hydrogen-bond donors (Lipinski definition) is 1. The zero-order chi connectivity index (χ0) is 11.8. The van der Waals surface area contributed by atoms with E-state index in [1.165, 1.54) is 11.1 Å². The summed E-state index contributed by atoms with van der Waals surface area (Å²) in [5.41, 5.74) is 2.72. The van der Waals surface area contributed by atoms with Gasteiger partial charge >= 0.3 is 0 Å². The number of aryl methyl sites for hydroxylation is 1. The number of benzene rings is 1. The molecule has 0 fully saturated rings. The monoisotopic (exact) mass is 221 g/mol. The van der Waals surface area contributed by atoms with E-state index in [9.17, 15) is 0 Å². The molecule has 0 saturated heterocycles. The Morgan fingerprint density at radius 3 is 2.69 bits per heavy atom. The third-order valence-electron chi connectivity index (χ3n) is 2.70. The molecule has 0 bridgehead atoms. The highest BCUT2D eigenvalue weighted by molar-refractivity contribution is 5.28.